The zero-order valence-corrected chi connectivity index (χ0v) is 20.9. The molecule has 10 nitrogen and oxygen atoms in total. The molecule has 1 saturated heterocycles. The summed E-state index contributed by atoms with van der Waals surface area (Å²) < 4.78 is 22.9. The molecule has 1 atom stereocenters. The highest BCUT2D eigenvalue weighted by Gasteiger charge is 2.32. The third-order valence-corrected chi connectivity index (χ3v) is 6.37. The molecule has 1 aliphatic carbocycles. The molecule has 0 N–H and O–H groups in total. The lowest BCUT2D eigenvalue weighted by atomic mass is 10.0. The van der Waals surface area contributed by atoms with Gasteiger partial charge in [0.05, 0.1) is 37.4 Å². The number of hydrogen-bond donors (Lipinski definition) is 0. The molecule has 5 rings (SSSR count). The minimum absolute atomic E-state index is 0.152. The van der Waals surface area contributed by atoms with Crippen LogP contribution in [-0.4, -0.2) is 47.1 Å². The number of carbonyl (C=O) groups is 1. The molecule has 2 aromatic heterocycles. The summed E-state index contributed by atoms with van der Waals surface area (Å²) in [5.41, 5.74) is 2.58. The van der Waals surface area contributed by atoms with Crippen LogP contribution in [0, 0.1) is 25.2 Å². The lowest BCUT2D eigenvalue weighted by Crippen LogP contribution is -2.30. The number of nitriles is 1. The molecule has 1 fully saturated rings. The van der Waals surface area contributed by atoms with E-state index < -0.39 is 0 Å². The van der Waals surface area contributed by atoms with E-state index in [-0.39, 0.29) is 23.7 Å². The van der Waals surface area contributed by atoms with E-state index in [2.05, 4.69) is 22.1 Å². The Bertz CT molecular complexity index is 1380. The van der Waals surface area contributed by atoms with Crippen molar-refractivity contribution in [2.45, 2.75) is 39.2 Å². The van der Waals surface area contributed by atoms with Crippen LogP contribution in [0.2, 0.25) is 0 Å². The maximum absolute atomic E-state index is 12.9. The van der Waals surface area contributed by atoms with Crippen LogP contribution in [0.3, 0.4) is 0 Å². The number of carbonyl (C=O) groups excluding carboxylic acids is 1. The first-order valence-corrected chi connectivity index (χ1v) is 12.0. The lowest BCUT2D eigenvalue weighted by molar-refractivity contribution is 0.0710. The highest BCUT2D eigenvalue weighted by atomic mass is 16.5. The van der Waals surface area contributed by atoms with E-state index in [1.54, 1.807) is 43.5 Å². The number of amides is 1. The summed E-state index contributed by atoms with van der Waals surface area (Å²) in [7, 11) is 1.48. The molecule has 10 heteroatoms. The van der Waals surface area contributed by atoms with E-state index in [4.69, 9.17) is 18.6 Å². The Labute approximate surface area is 214 Å². The van der Waals surface area contributed by atoms with Gasteiger partial charge in [-0.3, -0.25) is 4.79 Å². The van der Waals surface area contributed by atoms with Gasteiger partial charge in [0.25, 0.3) is 5.91 Å². The van der Waals surface area contributed by atoms with Crippen molar-refractivity contribution in [1.82, 2.24) is 14.9 Å². The molecule has 0 radical (unpaired) electrons. The van der Waals surface area contributed by atoms with Crippen molar-refractivity contribution in [3.8, 4) is 11.9 Å². The predicted molar refractivity (Wildman–Crippen MR) is 133 cm³/mol. The largest absolute Gasteiger partial charge is 0.488 e. The average Bonchev–Trinajstić information content (AvgIpc) is 3.53. The molecular weight excluding hydrogens is 474 g/mol. The third kappa shape index (κ3) is 4.93. The van der Waals surface area contributed by atoms with Gasteiger partial charge in [-0.25, -0.2) is 9.97 Å². The summed E-state index contributed by atoms with van der Waals surface area (Å²) in [5.74, 6) is 2.26. The number of aromatic nitrogens is 2. The minimum atomic E-state index is -0.165. The van der Waals surface area contributed by atoms with Crippen LogP contribution in [0.4, 0.5) is 5.69 Å². The molecule has 2 aliphatic heterocycles. The van der Waals surface area contributed by atoms with Gasteiger partial charge in [0.1, 0.15) is 35.5 Å². The van der Waals surface area contributed by atoms with Crippen LogP contribution >= 0.6 is 0 Å². The molecule has 4 heterocycles. The van der Waals surface area contributed by atoms with Crippen LogP contribution in [0.25, 0.3) is 0 Å². The summed E-state index contributed by atoms with van der Waals surface area (Å²) in [5, 5.41) is 9.42. The summed E-state index contributed by atoms with van der Waals surface area (Å²) in [6.45, 7) is 4.55. The lowest BCUT2D eigenvalue weighted by Gasteiger charge is -2.26. The second-order valence-electron chi connectivity index (χ2n) is 8.88. The first kappa shape index (κ1) is 24.2. The number of nitrogens with zero attached hydrogens (tertiary/aromatic N) is 5. The SMILES string of the molecule is COc1ncc(N2C=COC(C3=C(O[C@H]4CCN(C(=O)c5oc(C)nc5C)C4)C=CCC3)=C2)cc1C#N. The Morgan fingerprint density at radius 1 is 1.32 bits per heavy atom. The fraction of sp³-hybridized carbons (Fsp3) is 0.333. The Morgan fingerprint density at radius 3 is 2.95 bits per heavy atom. The highest BCUT2D eigenvalue weighted by Crippen LogP contribution is 2.33. The molecule has 1 amide bonds. The smallest absolute Gasteiger partial charge is 0.291 e. The minimum Gasteiger partial charge on any atom is -0.488 e. The van der Waals surface area contributed by atoms with Gasteiger partial charge in [-0.15, -0.1) is 0 Å². The van der Waals surface area contributed by atoms with Crippen LogP contribution in [0.1, 0.15) is 47.0 Å². The van der Waals surface area contributed by atoms with Gasteiger partial charge in [-0.1, -0.05) is 6.08 Å². The molecule has 0 bridgehead atoms. The standard InChI is InChI=1S/C27H27N5O5/c1-17-25(36-18(2)30-17)27(33)32-9-8-21(15-32)37-23-7-5-4-6-22(23)24-16-31(10-11-35-24)20-12-19(13-28)26(34-3)29-14-20/h5,7,10-12,14,16,21H,4,6,8-9,15H2,1-3H3/t21-/m0/s1. The van der Waals surface area contributed by atoms with Crippen molar-refractivity contribution in [3.05, 3.63) is 83.1 Å². The monoisotopic (exact) mass is 501 g/mol. The maximum atomic E-state index is 12.9. The summed E-state index contributed by atoms with van der Waals surface area (Å²) in [4.78, 5) is 24.9. The van der Waals surface area contributed by atoms with Crippen LogP contribution in [0.15, 0.2) is 64.6 Å². The number of pyridine rings is 1. The van der Waals surface area contributed by atoms with Crippen molar-refractivity contribution in [3.63, 3.8) is 0 Å². The Hall–Kier alpha value is -4.52. The van der Waals surface area contributed by atoms with E-state index in [1.165, 1.54) is 7.11 Å². The van der Waals surface area contributed by atoms with E-state index in [0.29, 0.717) is 48.1 Å². The number of methoxy groups -OCH3 is 1. The number of rotatable bonds is 6. The fourth-order valence-corrected chi connectivity index (χ4v) is 4.56. The molecule has 0 aromatic carbocycles. The van der Waals surface area contributed by atoms with Gasteiger partial charge in [0.15, 0.2) is 5.89 Å². The van der Waals surface area contributed by atoms with Crippen LogP contribution < -0.4 is 9.64 Å². The van der Waals surface area contributed by atoms with Crippen LogP contribution in [-0.2, 0) is 9.47 Å². The van der Waals surface area contributed by atoms with Gasteiger partial charge in [-0.2, -0.15) is 5.26 Å². The Kier molecular flexibility index (Phi) is 6.68. The topological polar surface area (TPSA) is 114 Å². The van der Waals surface area contributed by atoms with Crippen molar-refractivity contribution in [2.75, 3.05) is 25.1 Å². The first-order valence-electron chi connectivity index (χ1n) is 12.0. The molecule has 0 saturated carbocycles. The van der Waals surface area contributed by atoms with Crippen molar-refractivity contribution < 1.29 is 23.4 Å². The highest BCUT2D eigenvalue weighted by molar-refractivity contribution is 5.92. The quantitative estimate of drug-likeness (QED) is 0.573. The fourth-order valence-electron chi connectivity index (χ4n) is 4.56. The average molecular weight is 502 g/mol. The van der Waals surface area contributed by atoms with Gasteiger partial charge in [0, 0.05) is 31.7 Å². The number of likely N-dealkylation sites (tertiary alicyclic amines) is 1. The van der Waals surface area contributed by atoms with Gasteiger partial charge >= 0.3 is 0 Å². The normalized spacial score (nSPS) is 19.0. The number of allylic oxidation sites excluding steroid dienone is 3. The number of oxazole rings is 1. The number of hydrogen-bond acceptors (Lipinski definition) is 9. The summed E-state index contributed by atoms with van der Waals surface area (Å²) in [6.07, 6.45) is 13.0. The van der Waals surface area contributed by atoms with Gasteiger partial charge in [-0.05, 0) is 31.9 Å². The zero-order chi connectivity index (χ0) is 25.9. The van der Waals surface area contributed by atoms with E-state index in [1.807, 2.05) is 17.2 Å². The number of anilines is 1. The van der Waals surface area contributed by atoms with Gasteiger partial charge in [0.2, 0.25) is 11.6 Å². The zero-order valence-electron chi connectivity index (χ0n) is 20.9. The van der Waals surface area contributed by atoms with E-state index in [0.717, 1.165) is 24.2 Å². The van der Waals surface area contributed by atoms with Crippen molar-refractivity contribution in [1.29, 1.82) is 5.26 Å². The summed E-state index contributed by atoms with van der Waals surface area (Å²) in [6, 6.07) is 3.82. The van der Waals surface area contributed by atoms with E-state index in [9.17, 15) is 10.1 Å². The molecular formula is C27H27N5O5. The molecule has 2 aromatic rings. The molecule has 190 valence electrons. The maximum Gasteiger partial charge on any atom is 0.291 e. The summed E-state index contributed by atoms with van der Waals surface area (Å²) >= 11 is 0. The van der Waals surface area contributed by atoms with Crippen molar-refractivity contribution >= 4 is 11.6 Å². The van der Waals surface area contributed by atoms with Crippen LogP contribution in [0.5, 0.6) is 5.88 Å². The molecule has 3 aliphatic rings. The predicted octanol–water partition coefficient (Wildman–Crippen LogP) is 4.25. The second-order valence-corrected chi connectivity index (χ2v) is 8.88. The number of ether oxygens (including phenoxy) is 3. The molecule has 37 heavy (non-hydrogen) atoms. The van der Waals surface area contributed by atoms with E-state index >= 15 is 0 Å². The van der Waals surface area contributed by atoms with Crippen molar-refractivity contribution in [2.24, 2.45) is 0 Å². The first-order chi connectivity index (χ1) is 18.0. The Balaban J connectivity index is 1.33. The second kappa shape index (κ2) is 10.2. The number of aryl methyl sites for hydroxylation is 2. The molecule has 0 spiro atoms. The van der Waals surface area contributed by atoms with Gasteiger partial charge < -0.3 is 28.4 Å². The Morgan fingerprint density at radius 2 is 2.19 bits per heavy atom. The third-order valence-electron chi connectivity index (χ3n) is 6.37. The molecule has 0 unspecified atom stereocenters.